The topological polar surface area (TPSA) is 92.6 Å². The molecule has 4 heterocycles. The van der Waals surface area contributed by atoms with Gasteiger partial charge in [-0.3, -0.25) is 9.30 Å². The molecule has 206 valence electrons. The summed E-state index contributed by atoms with van der Waals surface area (Å²) in [6, 6.07) is 6.78. The molecular formula is C25H28Cl2F4N6O. The smallest absolute Gasteiger partial charge is 0.390 e. The summed E-state index contributed by atoms with van der Waals surface area (Å²) in [7, 11) is 0. The Labute approximate surface area is 228 Å². The average molecular weight is 575 g/mol. The molecule has 0 amide bonds. The molecule has 5 rings (SSSR count). The molecule has 0 bridgehead atoms. The van der Waals surface area contributed by atoms with Crippen LogP contribution >= 0.6 is 24.8 Å². The highest BCUT2D eigenvalue weighted by molar-refractivity contribution is 5.86. The second-order valence-corrected chi connectivity index (χ2v) is 10.3. The second-order valence-electron chi connectivity index (χ2n) is 10.3. The Kier molecular flexibility index (Phi) is 8.31. The first-order valence-corrected chi connectivity index (χ1v) is 11.5. The van der Waals surface area contributed by atoms with E-state index in [1.807, 2.05) is 32.9 Å². The van der Waals surface area contributed by atoms with Crippen LogP contribution < -0.4 is 5.73 Å². The van der Waals surface area contributed by atoms with Crippen LogP contribution in [0.5, 0.6) is 0 Å². The Morgan fingerprint density at radius 3 is 2.37 bits per heavy atom. The molecule has 1 aliphatic rings. The quantitative estimate of drug-likeness (QED) is 0.340. The molecule has 38 heavy (non-hydrogen) atoms. The molecule has 0 radical (unpaired) electrons. The summed E-state index contributed by atoms with van der Waals surface area (Å²) >= 11 is 0. The Bertz CT molecular complexity index is 1450. The summed E-state index contributed by atoms with van der Waals surface area (Å²) in [6.45, 7) is 5.72. The van der Waals surface area contributed by atoms with Gasteiger partial charge in [-0.1, -0.05) is 45.0 Å². The Morgan fingerprint density at radius 2 is 1.76 bits per heavy atom. The van der Waals surface area contributed by atoms with Gasteiger partial charge in [0.25, 0.3) is 0 Å². The van der Waals surface area contributed by atoms with Crippen molar-refractivity contribution in [2.45, 2.75) is 50.6 Å². The lowest BCUT2D eigenvalue weighted by molar-refractivity contribution is -0.184. The predicted molar refractivity (Wildman–Crippen MR) is 141 cm³/mol. The van der Waals surface area contributed by atoms with Crippen molar-refractivity contribution in [3.8, 4) is 11.5 Å². The summed E-state index contributed by atoms with van der Waals surface area (Å²) in [5.41, 5.74) is 7.02. The number of alkyl halides is 3. The van der Waals surface area contributed by atoms with Crippen molar-refractivity contribution in [1.82, 2.24) is 24.5 Å². The van der Waals surface area contributed by atoms with Gasteiger partial charge in [0.2, 0.25) is 0 Å². The first kappa shape index (κ1) is 30.0. The summed E-state index contributed by atoms with van der Waals surface area (Å²) in [4.78, 5) is 5.68. The van der Waals surface area contributed by atoms with E-state index in [0.29, 0.717) is 10.9 Å². The number of nitrogens with two attached hydrogens (primary N) is 1. The fraction of sp³-hybridized carbons (Fsp3) is 0.400. The van der Waals surface area contributed by atoms with E-state index in [9.17, 15) is 18.3 Å². The molecule has 0 unspecified atom stereocenters. The second kappa shape index (κ2) is 10.5. The molecule has 1 aromatic carbocycles. The van der Waals surface area contributed by atoms with Crippen LogP contribution in [0.3, 0.4) is 0 Å². The van der Waals surface area contributed by atoms with E-state index in [1.165, 1.54) is 28.8 Å². The third-order valence-corrected chi connectivity index (χ3v) is 6.60. The number of benzene rings is 1. The summed E-state index contributed by atoms with van der Waals surface area (Å²) < 4.78 is 59.1. The van der Waals surface area contributed by atoms with Crippen LogP contribution in [0.4, 0.5) is 17.6 Å². The van der Waals surface area contributed by atoms with Gasteiger partial charge >= 0.3 is 6.18 Å². The zero-order valence-electron chi connectivity index (χ0n) is 20.8. The number of aliphatic hydroxyl groups excluding tert-OH is 1. The van der Waals surface area contributed by atoms with Crippen molar-refractivity contribution in [3.05, 3.63) is 59.5 Å². The van der Waals surface area contributed by atoms with Crippen molar-refractivity contribution in [2.75, 3.05) is 13.1 Å². The van der Waals surface area contributed by atoms with Crippen LogP contribution in [0, 0.1) is 5.82 Å². The van der Waals surface area contributed by atoms with E-state index in [0.717, 1.165) is 10.5 Å². The Morgan fingerprint density at radius 1 is 1.05 bits per heavy atom. The number of halogens is 6. The van der Waals surface area contributed by atoms with Gasteiger partial charge in [-0.05, 0) is 28.7 Å². The van der Waals surface area contributed by atoms with E-state index < -0.39 is 30.2 Å². The van der Waals surface area contributed by atoms with Crippen LogP contribution in [0.25, 0.3) is 28.1 Å². The molecule has 0 aliphatic carbocycles. The average Bonchev–Trinajstić information content (AvgIpc) is 3.33. The molecule has 7 nitrogen and oxygen atoms in total. The number of aliphatic hydroxyl groups is 1. The normalized spacial score (nSPS) is 19.4. The van der Waals surface area contributed by atoms with Gasteiger partial charge in [-0.25, -0.2) is 9.37 Å². The van der Waals surface area contributed by atoms with Gasteiger partial charge in [0, 0.05) is 30.7 Å². The molecule has 13 heteroatoms. The molecule has 0 spiro atoms. The van der Waals surface area contributed by atoms with E-state index in [2.05, 4.69) is 15.2 Å². The number of para-hydroxylation sites is 1. The number of fused-ring (bicyclic) bond motifs is 2. The molecule has 3 aromatic heterocycles. The Balaban J connectivity index is 0.00000200. The lowest BCUT2D eigenvalue weighted by Gasteiger charge is -2.29. The van der Waals surface area contributed by atoms with Gasteiger partial charge < -0.3 is 10.8 Å². The number of pyridine rings is 2. The minimum atomic E-state index is -4.64. The lowest BCUT2D eigenvalue weighted by atomic mass is 9.85. The molecule has 3 atom stereocenters. The highest BCUT2D eigenvalue weighted by Crippen LogP contribution is 2.40. The van der Waals surface area contributed by atoms with Crippen molar-refractivity contribution >= 4 is 41.4 Å². The number of rotatable bonds is 3. The Hall–Kier alpha value is -2.57. The maximum absolute atomic E-state index is 15.2. The van der Waals surface area contributed by atoms with Gasteiger partial charge in [-0.15, -0.1) is 35.0 Å². The molecule has 4 aromatic rings. The van der Waals surface area contributed by atoms with Crippen molar-refractivity contribution in [3.63, 3.8) is 0 Å². The number of aromatic nitrogens is 4. The highest BCUT2D eigenvalue weighted by atomic mass is 35.5. The van der Waals surface area contributed by atoms with Gasteiger partial charge in [0.1, 0.15) is 11.7 Å². The first-order valence-electron chi connectivity index (χ1n) is 11.5. The third-order valence-electron chi connectivity index (χ3n) is 6.60. The molecular weight excluding hydrogens is 547 g/mol. The molecule has 0 saturated carbocycles. The fourth-order valence-electron chi connectivity index (χ4n) is 4.83. The molecule has 3 N–H and O–H groups in total. The van der Waals surface area contributed by atoms with Crippen LogP contribution in [0.2, 0.25) is 0 Å². The van der Waals surface area contributed by atoms with Gasteiger partial charge in [0.15, 0.2) is 17.3 Å². The lowest BCUT2D eigenvalue weighted by Crippen LogP contribution is -2.38. The minimum absolute atomic E-state index is 0. The number of likely N-dealkylation sites (tertiary alicyclic amines) is 1. The van der Waals surface area contributed by atoms with Gasteiger partial charge in [0.05, 0.1) is 11.6 Å². The zero-order valence-corrected chi connectivity index (χ0v) is 22.4. The summed E-state index contributed by atoms with van der Waals surface area (Å²) in [5.74, 6) is -0.664. The van der Waals surface area contributed by atoms with Crippen LogP contribution in [-0.2, 0) is 5.41 Å². The predicted octanol–water partition coefficient (Wildman–Crippen LogP) is 4.83. The van der Waals surface area contributed by atoms with Crippen molar-refractivity contribution < 1.29 is 22.7 Å². The molecule has 1 aliphatic heterocycles. The number of nitrogens with zero attached hydrogens (tertiary/aromatic N) is 5. The van der Waals surface area contributed by atoms with Crippen LogP contribution in [-0.4, -0.2) is 61.0 Å². The van der Waals surface area contributed by atoms with Crippen LogP contribution in [0.1, 0.15) is 37.9 Å². The van der Waals surface area contributed by atoms with Crippen molar-refractivity contribution in [1.29, 1.82) is 0 Å². The minimum Gasteiger partial charge on any atom is -0.390 e. The number of hydrogen-bond donors (Lipinski definition) is 2. The van der Waals surface area contributed by atoms with E-state index in [4.69, 9.17) is 5.73 Å². The maximum atomic E-state index is 15.2. The maximum Gasteiger partial charge on any atom is 0.408 e. The number of β-amino-alcohol motifs (C(OH)–C–C–N with tert-alkyl or cyclic N) is 1. The first-order chi connectivity index (χ1) is 16.8. The monoisotopic (exact) mass is 574 g/mol. The summed E-state index contributed by atoms with van der Waals surface area (Å²) in [5, 5.41) is 18.6. The zero-order chi connectivity index (χ0) is 26.0. The molecule has 1 fully saturated rings. The number of hydrogen-bond acceptors (Lipinski definition) is 6. The summed E-state index contributed by atoms with van der Waals surface area (Å²) in [6.07, 6.45) is -4.45. The van der Waals surface area contributed by atoms with E-state index in [1.54, 1.807) is 6.07 Å². The largest absolute Gasteiger partial charge is 0.408 e. The van der Waals surface area contributed by atoms with E-state index >= 15 is 4.39 Å². The van der Waals surface area contributed by atoms with E-state index in [-0.39, 0.29) is 66.0 Å². The fourth-order valence-corrected chi connectivity index (χ4v) is 4.83. The van der Waals surface area contributed by atoms with Crippen molar-refractivity contribution in [2.24, 2.45) is 5.73 Å². The van der Waals surface area contributed by atoms with Gasteiger partial charge in [-0.2, -0.15) is 13.2 Å². The third kappa shape index (κ3) is 5.30. The highest BCUT2D eigenvalue weighted by Gasteiger charge is 2.48. The van der Waals surface area contributed by atoms with Crippen LogP contribution in [0.15, 0.2) is 42.6 Å². The molecule has 1 saturated heterocycles. The standard InChI is InChI=1S/C25H26F4N6O.2ClH/c1-24(2,3)15-6-4-5-13-9-16(26)21(31-20(13)15)23-33-32-19-8-7-14(10-35(19)23)22(25(27,28)29)34-11-17(30)18(36)12-34;;/h4-10,17-18,22,36H,11-12,30H2,1-3H3;2*1H/t17-,18-,22-;;/m1../s1. The SMILES string of the molecule is CC(C)(C)c1cccc2cc(F)c(-c3nnc4ccc([C@@H](N5C[C@@H](N)[C@H](O)C5)C(F)(F)F)cn34)nc12.Cl.Cl.